The average molecular weight is 330 g/mol. The fourth-order valence-electron chi connectivity index (χ4n) is 2.06. The molecule has 0 aliphatic heterocycles. The molecule has 0 saturated carbocycles. The molecule has 0 saturated heterocycles. The van der Waals surface area contributed by atoms with Crippen LogP contribution in [0.1, 0.15) is 0 Å². The van der Waals surface area contributed by atoms with Crippen LogP contribution in [0.4, 0.5) is 5.69 Å². The summed E-state index contributed by atoms with van der Waals surface area (Å²) < 4.78 is 31.0. The van der Waals surface area contributed by atoms with Crippen LogP contribution in [0.5, 0.6) is 0 Å². The highest BCUT2D eigenvalue weighted by Gasteiger charge is 2.12. The van der Waals surface area contributed by atoms with E-state index in [2.05, 4.69) is 4.98 Å². The van der Waals surface area contributed by atoms with Gasteiger partial charge in [-0.15, -0.1) is 0 Å². The zero-order chi connectivity index (χ0) is 16.9. The first-order valence-corrected chi connectivity index (χ1v) is 8.36. The van der Waals surface area contributed by atoms with Gasteiger partial charge in [0.1, 0.15) is 4.90 Å². The Hall–Kier alpha value is -2.44. The Bertz CT molecular complexity index is 873. The minimum absolute atomic E-state index is 0.0457. The third-order valence-corrected chi connectivity index (χ3v) is 4.12. The molecule has 1 N–H and O–H groups in total. The second-order valence-corrected chi connectivity index (χ2v) is 6.44. The summed E-state index contributed by atoms with van der Waals surface area (Å²) in [6.07, 6.45) is 3.57. The third-order valence-electron chi connectivity index (χ3n) is 3.21. The molecular weight excluding hydrogens is 312 g/mol. The van der Waals surface area contributed by atoms with Crippen LogP contribution in [0.15, 0.2) is 71.9 Å². The van der Waals surface area contributed by atoms with Gasteiger partial charge >= 0.3 is 0 Å². The normalized spacial score (nSPS) is 10.7. The van der Waals surface area contributed by atoms with E-state index < -0.39 is 10.1 Å². The number of rotatable bonds is 2. The van der Waals surface area contributed by atoms with Gasteiger partial charge in [-0.2, -0.15) is 8.42 Å². The molecule has 1 aromatic heterocycles. The van der Waals surface area contributed by atoms with Gasteiger partial charge in [-0.25, -0.2) is 0 Å². The molecule has 5 nitrogen and oxygen atoms in total. The fraction of sp³-hybridized carbons (Fsp3) is 0.118. The van der Waals surface area contributed by atoms with Crippen LogP contribution in [-0.4, -0.2) is 32.0 Å². The minimum atomic E-state index is -4.13. The van der Waals surface area contributed by atoms with Gasteiger partial charge in [0.15, 0.2) is 0 Å². The first-order chi connectivity index (χ1) is 10.9. The van der Waals surface area contributed by atoms with E-state index in [0.29, 0.717) is 5.39 Å². The summed E-state index contributed by atoms with van der Waals surface area (Å²) >= 11 is 0. The Balaban J connectivity index is 0.000000185. The highest BCUT2D eigenvalue weighted by Crippen LogP contribution is 2.22. The Morgan fingerprint density at radius 1 is 0.913 bits per heavy atom. The van der Waals surface area contributed by atoms with Gasteiger partial charge in [0.25, 0.3) is 10.1 Å². The van der Waals surface area contributed by atoms with Crippen LogP contribution in [0, 0.1) is 0 Å². The number of hydrogen-bond acceptors (Lipinski definition) is 4. The lowest BCUT2D eigenvalue weighted by molar-refractivity contribution is 0.484. The Morgan fingerprint density at radius 2 is 1.52 bits per heavy atom. The largest absolute Gasteiger partial charge is 0.378 e. The van der Waals surface area contributed by atoms with Crippen LogP contribution >= 0.6 is 0 Å². The van der Waals surface area contributed by atoms with Crippen molar-refractivity contribution in [3.8, 4) is 0 Å². The van der Waals surface area contributed by atoms with Gasteiger partial charge in [0, 0.05) is 37.6 Å². The van der Waals surface area contributed by atoms with E-state index in [-0.39, 0.29) is 4.90 Å². The molecule has 23 heavy (non-hydrogen) atoms. The third kappa shape index (κ3) is 4.51. The van der Waals surface area contributed by atoms with Crippen LogP contribution < -0.4 is 4.90 Å². The van der Waals surface area contributed by atoms with Gasteiger partial charge in [-0.05, 0) is 23.6 Å². The van der Waals surface area contributed by atoms with Crippen molar-refractivity contribution in [3.05, 3.63) is 67.0 Å². The van der Waals surface area contributed by atoms with E-state index >= 15 is 0 Å². The van der Waals surface area contributed by atoms with Gasteiger partial charge in [-0.1, -0.05) is 36.4 Å². The van der Waals surface area contributed by atoms with Crippen molar-refractivity contribution in [3.63, 3.8) is 0 Å². The molecule has 0 aliphatic rings. The topological polar surface area (TPSA) is 70.5 Å². The van der Waals surface area contributed by atoms with Crippen LogP contribution in [0.2, 0.25) is 0 Å². The van der Waals surface area contributed by atoms with Crippen molar-refractivity contribution in [2.75, 3.05) is 19.0 Å². The minimum Gasteiger partial charge on any atom is -0.378 e. The number of fused-ring (bicyclic) bond motifs is 1. The van der Waals surface area contributed by atoms with Crippen molar-refractivity contribution in [1.82, 2.24) is 4.98 Å². The number of aromatic nitrogens is 1. The maximum Gasteiger partial charge on any atom is 0.295 e. The van der Waals surface area contributed by atoms with Gasteiger partial charge < -0.3 is 4.90 Å². The maximum atomic E-state index is 11.0. The van der Waals surface area contributed by atoms with E-state index in [9.17, 15) is 8.42 Å². The van der Waals surface area contributed by atoms with Gasteiger partial charge in [0.05, 0.1) is 0 Å². The summed E-state index contributed by atoms with van der Waals surface area (Å²) in [5, 5.41) is 1.33. The van der Waals surface area contributed by atoms with Crippen molar-refractivity contribution in [2.45, 2.75) is 4.90 Å². The number of anilines is 1. The van der Waals surface area contributed by atoms with Gasteiger partial charge in [0.2, 0.25) is 0 Å². The molecule has 2 aromatic carbocycles. The summed E-state index contributed by atoms with van der Waals surface area (Å²) in [6, 6.07) is 15.7. The fourth-order valence-corrected chi connectivity index (χ4v) is 2.78. The molecule has 3 aromatic rings. The number of pyridine rings is 1. The standard InChI is InChI=1S/C10H8O3S.C7H10N2/c11-14(12,13)10-7-3-5-8-4-1-2-6-9(8)10;1-9(2)7-3-5-8-6-4-7/h1-7H,(H,11,12,13);3-6H,1-2H3. The van der Waals surface area contributed by atoms with Crippen LogP contribution in [0.3, 0.4) is 0 Å². The van der Waals surface area contributed by atoms with Crippen LogP contribution in [-0.2, 0) is 10.1 Å². The Labute approximate surface area is 136 Å². The summed E-state index contributed by atoms with van der Waals surface area (Å²) in [6.45, 7) is 0. The number of nitrogens with zero attached hydrogens (tertiary/aromatic N) is 2. The highest BCUT2D eigenvalue weighted by molar-refractivity contribution is 7.86. The first kappa shape index (κ1) is 16.9. The maximum absolute atomic E-state index is 11.0. The Kier molecular flexibility index (Phi) is 5.31. The highest BCUT2D eigenvalue weighted by atomic mass is 32.2. The van der Waals surface area contributed by atoms with E-state index in [1.54, 1.807) is 42.7 Å². The summed E-state index contributed by atoms with van der Waals surface area (Å²) in [4.78, 5) is 5.90. The summed E-state index contributed by atoms with van der Waals surface area (Å²) in [5.41, 5.74) is 1.19. The van der Waals surface area contributed by atoms with Crippen molar-refractivity contribution >= 4 is 26.6 Å². The van der Waals surface area contributed by atoms with Gasteiger partial charge in [-0.3, -0.25) is 9.54 Å². The smallest absolute Gasteiger partial charge is 0.295 e. The lowest BCUT2D eigenvalue weighted by Gasteiger charge is -2.10. The molecule has 1 heterocycles. The number of hydrogen-bond donors (Lipinski definition) is 1. The zero-order valence-electron chi connectivity index (χ0n) is 12.9. The SMILES string of the molecule is CN(C)c1ccncc1.O=S(=O)(O)c1cccc2ccccc12. The quantitative estimate of drug-likeness (QED) is 0.731. The van der Waals surface area contributed by atoms with E-state index in [0.717, 1.165) is 5.39 Å². The summed E-state index contributed by atoms with van der Waals surface area (Å²) in [5.74, 6) is 0. The molecule has 0 bridgehead atoms. The number of benzene rings is 2. The van der Waals surface area contributed by atoms with E-state index in [1.807, 2.05) is 37.2 Å². The Morgan fingerprint density at radius 3 is 2.09 bits per heavy atom. The van der Waals surface area contributed by atoms with Crippen molar-refractivity contribution in [1.29, 1.82) is 0 Å². The van der Waals surface area contributed by atoms with Crippen molar-refractivity contribution in [2.24, 2.45) is 0 Å². The first-order valence-electron chi connectivity index (χ1n) is 6.92. The lowest BCUT2D eigenvalue weighted by Crippen LogP contribution is -2.07. The second kappa shape index (κ2) is 7.21. The zero-order valence-corrected chi connectivity index (χ0v) is 13.7. The lowest BCUT2D eigenvalue weighted by atomic mass is 10.1. The molecule has 0 amide bonds. The molecule has 0 spiro atoms. The molecule has 120 valence electrons. The average Bonchev–Trinajstić information content (AvgIpc) is 2.55. The molecule has 0 aliphatic carbocycles. The molecule has 6 heteroatoms. The van der Waals surface area contributed by atoms with E-state index in [4.69, 9.17) is 4.55 Å². The van der Waals surface area contributed by atoms with E-state index in [1.165, 1.54) is 11.8 Å². The molecule has 0 unspecified atom stereocenters. The molecule has 3 rings (SSSR count). The predicted octanol–water partition coefficient (Wildman–Crippen LogP) is 3.23. The van der Waals surface area contributed by atoms with Crippen LogP contribution in [0.25, 0.3) is 10.8 Å². The molecule has 0 fully saturated rings. The molecule has 0 radical (unpaired) electrons. The monoisotopic (exact) mass is 330 g/mol. The summed E-state index contributed by atoms with van der Waals surface area (Å²) in [7, 11) is -0.111. The predicted molar refractivity (Wildman–Crippen MR) is 92.3 cm³/mol. The molecular formula is C17H18N2O3S. The van der Waals surface area contributed by atoms with Crippen molar-refractivity contribution < 1.29 is 13.0 Å². The second-order valence-electron chi connectivity index (χ2n) is 5.05. The molecule has 0 atom stereocenters.